The van der Waals surface area contributed by atoms with E-state index in [1.807, 2.05) is 39.1 Å². The fraction of sp³-hybridized carbons (Fsp3) is 0.286. The Labute approximate surface area is 137 Å². The molecule has 0 bridgehead atoms. The molecule has 4 nitrogen and oxygen atoms in total. The zero-order chi connectivity index (χ0) is 15.6. The van der Waals surface area contributed by atoms with Gasteiger partial charge in [0.1, 0.15) is 4.21 Å². The number of hydrogen-bond acceptors (Lipinski definition) is 4. The van der Waals surface area contributed by atoms with Crippen LogP contribution in [0, 0.1) is 6.92 Å². The van der Waals surface area contributed by atoms with Crippen molar-refractivity contribution in [3.05, 3.63) is 45.2 Å². The molecule has 0 amide bonds. The summed E-state index contributed by atoms with van der Waals surface area (Å²) in [6.07, 6.45) is 0. The summed E-state index contributed by atoms with van der Waals surface area (Å²) in [4.78, 5) is 0. The highest BCUT2D eigenvalue weighted by Gasteiger charge is 2.18. The lowest BCUT2D eigenvalue weighted by Crippen LogP contribution is -2.14. The Hall–Kier alpha value is -0.890. The lowest BCUT2D eigenvalue weighted by molar-refractivity contribution is 0.603. The zero-order valence-corrected chi connectivity index (χ0v) is 15.2. The van der Waals surface area contributed by atoms with E-state index in [-0.39, 0.29) is 6.04 Å². The molecule has 0 spiro atoms. The first-order valence-electron chi connectivity index (χ1n) is 6.39. The minimum Gasteiger partial charge on any atom is -0.313 e. The second kappa shape index (κ2) is 6.48. The minimum atomic E-state index is -3.55. The van der Waals surface area contributed by atoms with Gasteiger partial charge in [0.25, 0.3) is 10.0 Å². The van der Waals surface area contributed by atoms with Crippen molar-refractivity contribution in [1.82, 2.24) is 5.32 Å². The largest absolute Gasteiger partial charge is 0.313 e. The smallest absolute Gasteiger partial charge is 0.271 e. The number of sulfonamides is 1. The molecule has 0 aliphatic carbocycles. The van der Waals surface area contributed by atoms with Gasteiger partial charge in [-0.05, 0) is 66.2 Å². The van der Waals surface area contributed by atoms with E-state index in [1.165, 1.54) is 11.3 Å². The van der Waals surface area contributed by atoms with E-state index in [0.717, 1.165) is 14.9 Å². The summed E-state index contributed by atoms with van der Waals surface area (Å²) in [5.41, 5.74) is 2.51. The molecule has 2 rings (SSSR count). The van der Waals surface area contributed by atoms with Crippen LogP contribution in [0.25, 0.3) is 0 Å². The summed E-state index contributed by atoms with van der Waals surface area (Å²) in [6.45, 7) is 3.89. The highest BCUT2D eigenvalue weighted by molar-refractivity contribution is 9.11. The summed E-state index contributed by atoms with van der Waals surface area (Å²) < 4.78 is 28.5. The average molecular weight is 389 g/mol. The quantitative estimate of drug-likeness (QED) is 0.816. The van der Waals surface area contributed by atoms with Crippen LogP contribution in [-0.4, -0.2) is 15.5 Å². The Morgan fingerprint density at radius 1 is 1.29 bits per heavy atom. The standard InChI is InChI=1S/C14H17BrN2O2S2/c1-9-7-13(20-14(9)15)21(18,19)17-12-6-4-5-11(8-12)10(2)16-3/h4-8,10,16-17H,1-3H3. The summed E-state index contributed by atoms with van der Waals surface area (Å²) in [7, 11) is -1.68. The lowest BCUT2D eigenvalue weighted by atomic mass is 10.1. The molecule has 2 N–H and O–H groups in total. The Balaban J connectivity index is 2.28. The van der Waals surface area contributed by atoms with E-state index in [4.69, 9.17) is 0 Å². The van der Waals surface area contributed by atoms with Gasteiger partial charge in [0.05, 0.1) is 3.79 Å². The summed E-state index contributed by atoms with van der Waals surface area (Å²) in [5, 5.41) is 3.13. The molecule has 0 saturated heterocycles. The molecular formula is C14H17BrN2O2S2. The van der Waals surface area contributed by atoms with Gasteiger partial charge < -0.3 is 5.32 Å². The Morgan fingerprint density at radius 3 is 2.57 bits per heavy atom. The molecule has 1 aromatic heterocycles. The van der Waals surface area contributed by atoms with Gasteiger partial charge in [-0.15, -0.1) is 11.3 Å². The van der Waals surface area contributed by atoms with Gasteiger partial charge in [-0.2, -0.15) is 0 Å². The number of benzene rings is 1. The number of hydrogen-bond donors (Lipinski definition) is 2. The van der Waals surface area contributed by atoms with Gasteiger partial charge in [0, 0.05) is 11.7 Å². The molecule has 0 aliphatic rings. The predicted molar refractivity (Wildman–Crippen MR) is 91.5 cm³/mol. The van der Waals surface area contributed by atoms with Crippen LogP contribution < -0.4 is 10.0 Å². The average Bonchev–Trinajstić information content (AvgIpc) is 2.78. The van der Waals surface area contributed by atoms with Crippen LogP contribution in [0.4, 0.5) is 5.69 Å². The Bertz CT molecular complexity index is 722. The van der Waals surface area contributed by atoms with Crippen LogP contribution in [-0.2, 0) is 10.0 Å². The minimum absolute atomic E-state index is 0.160. The van der Waals surface area contributed by atoms with Crippen molar-refractivity contribution in [3.8, 4) is 0 Å². The molecule has 0 saturated carbocycles. The molecule has 2 aromatic rings. The lowest BCUT2D eigenvalue weighted by Gasteiger charge is -2.13. The van der Waals surface area contributed by atoms with Crippen LogP contribution in [0.5, 0.6) is 0 Å². The molecule has 1 atom stereocenters. The molecule has 1 aromatic carbocycles. The number of anilines is 1. The predicted octanol–water partition coefficient (Wildman–Crippen LogP) is 3.90. The molecule has 7 heteroatoms. The molecule has 21 heavy (non-hydrogen) atoms. The van der Waals surface area contributed by atoms with Crippen molar-refractivity contribution < 1.29 is 8.42 Å². The Kier molecular flexibility index (Phi) is 5.08. The Morgan fingerprint density at radius 2 is 2.00 bits per heavy atom. The number of rotatable bonds is 5. The van der Waals surface area contributed by atoms with Crippen LogP contribution in [0.2, 0.25) is 0 Å². The molecule has 0 aliphatic heterocycles. The number of halogens is 1. The molecule has 1 unspecified atom stereocenters. The van der Waals surface area contributed by atoms with E-state index in [9.17, 15) is 8.42 Å². The summed E-state index contributed by atoms with van der Waals surface area (Å²) in [5.74, 6) is 0. The van der Waals surface area contributed by atoms with E-state index in [1.54, 1.807) is 12.1 Å². The zero-order valence-electron chi connectivity index (χ0n) is 12.0. The van der Waals surface area contributed by atoms with Crippen molar-refractivity contribution >= 4 is 43.0 Å². The number of nitrogens with one attached hydrogen (secondary N) is 2. The first kappa shape index (κ1) is 16.5. The maximum atomic E-state index is 12.4. The van der Waals surface area contributed by atoms with Gasteiger partial charge in [0.2, 0.25) is 0 Å². The summed E-state index contributed by atoms with van der Waals surface area (Å²) >= 11 is 4.56. The van der Waals surface area contributed by atoms with Crippen LogP contribution in [0.15, 0.2) is 38.3 Å². The van der Waals surface area contributed by atoms with E-state index < -0.39 is 10.0 Å². The van der Waals surface area contributed by atoms with E-state index in [2.05, 4.69) is 26.0 Å². The van der Waals surface area contributed by atoms with Gasteiger partial charge in [0.15, 0.2) is 0 Å². The van der Waals surface area contributed by atoms with Gasteiger partial charge in [-0.3, -0.25) is 4.72 Å². The third kappa shape index (κ3) is 3.85. The van der Waals surface area contributed by atoms with E-state index in [0.29, 0.717) is 9.90 Å². The fourth-order valence-corrected chi connectivity index (χ4v) is 5.08. The maximum Gasteiger partial charge on any atom is 0.271 e. The van der Waals surface area contributed by atoms with Gasteiger partial charge >= 0.3 is 0 Å². The third-order valence-electron chi connectivity index (χ3n) is 3.17. The SMILES string of the molecule is CNC(C)c1cccc(NS(=O)(=O)c2cc(C)c(Br)s2)c1. The van der Waals surface area contributed by atoms with Crippen LogP contribution in [0.1, 0.15) is 24.1 Å². The maximum absolute atomic E-state index is 12.4. The topological polar surface area (TPSA) is 58.2 Å². The normalized spacial score (nSPS) is 13.1. The molecule has 114 valence electrons. The second-order valence-electron chi connectivity index (χ2n) is 4.76. The second-order valence-corrected chi connectivity index (χ2v) is 9.04. The summed E-state index contributed by atoms with van der Waals surface area (Å²) in [6, 6.07) is 9.22. The highest BCUT2D eigenvalue weighted by atomic mass is 79.9. The fourth-order valence-electron chi connectivity index (χ4n) is 1.81. The van der Waals surface area contributed by atoms with Crippen LogP contribution >= 0.6 is 27.3 Å². The van der Waals surface area contributed by atoms with Crippen LogP contribution in [0.3, 0.4) is 0 Å². The van der Waals surface area contributed by atoms with Gasteiger partial charge in [-0.25, -0.2) is 8.42 Å². The van der Waals surface area contributed by atoms with Crippen molar-refractivity contribution in [3.63, 3.8) is 0 Å². The molecule has 0 radical (unpaired) electrons. The molecule has 1 heterocycles. The van der Waals surface area contributed by atoms with Crippen molar-refractivity contribution in [2.24, 2.45) is 0 Å². The highest BCUT2D eigenvalue weighted by Crippen LogP contribution is 2.31. The molecular weight excluding hydrogens is 372 g/mol. The number of aryl methyl sites for hydroxylation is 1. The van der Waals surface area contributed by atoms with Crippen molar-refractivity contribution in [2.45, 2.75) is 24.1 Å². The first-order chi connectivity index (χ1) is 9.83. The number of thiophene rings is 1. The molecule has 0 fully saturated rings. The van der Waals surface area contributed by atoms with Crippen molar-refractivity contribution in [2.75, 3.05) is 11.8 Å². The first-order valence-corrected chi connectivity index (χ1v) is 9.48. The van der Waals surface area contributed by atoms with Gasteiger partial charge in [-0.1, -0.05) is 12.1 Å². The van der Waals surface area contributed by atoms with Crippen molar-refractivity contribution in [1.29, 1.82) is 0 Å². The third-order valence-corrected chi connectivity index (χ3v) is 7.16. The van der Waals surface area contributed by atoms with E-state index >= 15 is 0 Å². The monoisotopic (exact) mass is 388 g/mol.